The van der Waals surface area contributed by atoms with Gasteiger partial charge in [0.2, 0.25) is 0 Å². The highest BCUT2D eigenvalue weighted by Crippen LogP contribution is 2.37. The summed E-state index contributed by atoms with van der Waals surface area (Å²) in [6.07, 6.45) is 1.75. The smallest absolute Gasteiger partial charge is 0.344 e. The molecule has 1 aliphatic heterocycles. The highest BCUT2D eigenvalue weighted by atomic mass is 32.1. The van der Waals surface area contributed by atoms with Crippen molar-refractivity contribution in [1.82, 2.24) is 4.57 Å². The number of benzene rings is 2. The molecule has 1 aliphatic rings. The molecule has 11 heteroatoms. The molecule has 1 atom stereocenters. The maximum atomic E-state index is 14.0. The van der Waals surface area contributed by atoms with Gasteiger partial charge < -0.3 is 18.9 Å². The molecule has 4 aromatic rings. The van der Waals surface area contributed by atoms with Gasteiger partial charge in [-0.3, -0.25) is 9.36 Å². The molecule has 0 fully saturated rings. The van der Waals surface area contributed by atoms with Gasteiger partial charge in [0, 0.05) is 10.4 Å². The van der Waals surface area contributed by atoms with Gasteiger partial charge in [0.25, 0.3) is 5.56 Å². The van der Waals surface area contributed by atoms with E-state index in [0.717, 1.165) is 10.4 Å². The molecule has 9 nitrogen and oxygen atoms in total. The Morgan fingerprint density at radius 3 is 2.42 bits per heavy atom. The number of hydrogen-bond acceptors (Lipinski definition) is 10. The molecule has 0 radical (unpaired) electrons. The van der Waals surface area contributed by atoms with Gasteiger partial charge >= 0.3 is 11.9 Å². The van der Waals surface area contributed by atoms with Crippen LogP contribution in [0.15, 0.2) is 81.4 Å². The summed E-state index contributed by atoms with van der Waals surface area (Å²) >= 11 is 2.70. The first-order chi connectivity index (χ1) is 20.9. The fourth-order valence-electron chi connectivity index (χ4n) is 4.65. The van der Waals surface area contributed by atoms with Crippen LogP contribution in [0.25, 0.3) is 11.8 Å². The SMILES string of the molecule is CCOC(=O)COc1ccc(/C=c2\sc3n(c2=O)[C@@H](c2cccs2)C(C(=O)OCC)=C(c2ccccc2)N=3)cc1OCC. The Kier molecular flexibility index (Phi) is 9.53. The van der Waals surface area contributed by atoms with Gasteiger partial charge in [-0.25, -0.2) is 14.6 Å². The number of hydrogen-bond donors (Lipinski definition) is 0. The molecule has 2 aromatic heterocycles. The number of thiophene rings is 1. The molecule has 0 spiro atoms. The molecule has 3 heterocycles. The summed E-state index contributed by atoms with van der Waals surface area (Å²) in [6.45, 7) is 5.90. The number of esters is 2. The quantitative estimate of drug-likeness (QED) is 0.230. The lowest BCUT2D eigenvalue weighted by atomic mass is 9.97. The zero-order chi connectivity index (χ0) is 30.3. The zero-order valence-electron chi connectivity index (χ0n) is 23.9. The summed E-state index contributed by atoms with van der Waals surface area (Å²) in [5.41, 5.74) is 1.96. The van der Waals surface area contributed by atoms with E-state index in [2.05, 4.69) is 0 Å². The summed E-state index contributed by atoms with van der Waals surface area (Å²) < 4.78 is 23.8. The van der Waals surface area contributed by atoms with Crippen molar-refractivity contribution in [2.75, 3.05) is 26.4 Å². The van der Waals surface area contributed by atoms with Crippen LogP contribution in [0.1, 0.15) is 42.8 Å². The highest BCUT2D eigenvalue weighted by Gasteiger charge is 2.35. The second-order valence-corrected chi connectivity index (χ2v) is 11.2. The molecular formula is C32H30N2O7S2. The van der Waals surface area contributed by atoms with Crippen LogP contribution < -0.4 is 24.4 Å². The normalized spacial score (nSPS) is 14.6. The van der Waals surface area contributed by atoms with Crippen molar-refractivity contribution in [3.8, 4) is 11.5 Å². The number of fused-ring (bicyclic) bond motifs is 1. The van der Waals surface area contributed by atoms with Gasteiger partial charge in [0.15, 0.2) is 22.9 Å². The zero-order valence-corrected chi connectivity index (χ0v) is 25.5. The van der Waals surface area contributed by atoms with Crippen LogP contribution in [-0.2, 0) is 19.1 Å². The van der Waals surface area contributed by atoms with Crippen molar-refractivity contribution in [2.24, 2.45) is 4.99 Å². The van der Waals surface area contributed by atoms with Gasteiger partial charge in [0.05, 0.1) is 35.6 Å². The molecule has 0 bridgehead atoms. The fourth-order valence-corrected chi connectivity index (χ4v) is 6.47. The van der Waals surface area contributed by atoms with Crippen LogP contribution in [-0.4, -0.2) is 42.9 Å². The third kappa shape index (κ3) is 6.47. The van der Waals surface area contributed by atoms with E-state index in [4.69, 9.17) is 23.9 Å². The number of ether oxygens (including phenoxy) is 4. The molecule has 0 N–H and O–H groups in total. The summed E-state index contributed by atoms with van der Waals surface area (Å²) in [6, 6.07) is 17.7. The number of rotatable bonds is 11. The summed E-state index contributed by atoms with van der Waals surface area (Å²) in [7, 11) is 0. The Morgan fingerprint density at radius 1 is 0.930 bits per heavy atom. The molecule has 0 saturated heterocycles. The first-order valence-corrected chi connectivity index (χ1v) is 15.5. The topological polar surface area (TPSA) is 105 Å². The van der Waals surface area contributed by atoms with E-state index in [1.807, 2.05) is 54.8 Å². The second-order valence-electron chi connectivity index (χ2n) is 9.18. The minimum Gasteiger partial charge on any atom is -0.490 e. The number of carbonyl (C=O) groups excluding carboxylic acids is 2. The Labute approximate surface area is 256 Å². The minimum absolute atomic E-state index is 0.188. The lowest BCUT2D eigenvalue weighted by Gasteiger charge is -2.24. The predicted octanol–water partition coefficient (Wildman–Crippen LogP) is 4.34. The molecule has 0 aliphatic carbocycles. The van der Waals surface area contributed by atoms with Crippen LogP contribution in [0.3, 0.4) is 0 Å². The Bertz CT molecular complexity index is 1820. The van der Waals surface area contributed by atoms with Crippen molar-refractivity contribution in [1.29, 1.82) is 0 Å². The van der Waals surface area contributed by atoms with E-state index in [0.29, 0.717) is 44.3 Å². The molecule has 222 valence electrons. The maximum Gasteiger partial charge on any atom is 0.344 e. The first-order valence-electron chi connectivity index (χ1n) is 13.8. The predicted molar refractivity (Wildman–Crippen MR) is 165 cm³/mol. The number of nitrogens with zero attached hydrogens (tertiary/aromatic N) is 2. The highest BCUT2D eigenvalue weighted by molar-refractivity contribution is 7.10. The Balaban J connectivity index is 1.64. The van der Waals surface area contributed by atoms with Gasteiger partial charge in [-0.2, -0.15) is 0 Å². The van der Waals surface area contributed by atoms with Crippen LogP contribution in [0.2, 0.25) is 0 Å². The fraction of sp³-hybridized carbons (Fsp3) is 0.250. The van der Waals surface area contributed by atoms with Crippen molar-refractivity contribution in [3.05, 3.63) is 107 Å². The van der Waals surface area contributed by atoms with E-state index in [9.17, 15) is 14.4 Å². The van der Waals surface area contributed by atoms with E-state index in [1.54, 1.807) is 42.7 Å². The van der Waals surface area contributed by atoms with E-state index in [-0.39, 0.29) is 25.4 Å². The molecule has 0 saturated carbocycles. The van der Waals surface area contributed by atoms with E-state index in [1.165, 1.54) is 22.7 Å². The molecule has 43 heavy (non-hydrogen) atoms. The summed E-state index contributed by atoms with van der Waals surface area (Å²) in [5, 5.41) is 1.91. The summed E-state index contributed by atoms with van der Waals surface area (Å²) in [5.74, 6) is -0.177. The third-order valence-corrected chi connectivity index (χ3v) is 8.31. The van der Waals surface area contributed by atoms with Gasteiger partial charge in [0.1, 0.15) is 6.04 Å². The number of carbonyl (C=O) groups is 2. The van der Waals surface area contributed by atoms with Crippen molar-refractivity contribution in [2.45, 2.75) is 26.8 Å². The van der Waals surface area contributed by atoms with Crippen LogP contribution in [0.5, 0.6) is 11.5 Å². The Hall–Kier alpha value is -4.48. The van der Waals surface area contributed by atoms with Crippen molar-refractivity contribution in [3.63, 3.8) is 0 Å². The lowest BCUT2D eigenvalue weighted by Crippen LogP contribution is -2.39. The maximum absolute atomic E-state index is 14.0. The number of thiazole rings is 1. The van der Waals surface area contributed by atoms with Gasteiger partial charge in [-0.15, -0.1) is 11.3 Å². The number of aromatic nitrogens is 1. The van der Waals surface area contributed by atoms with Crippen LogP contribution >= 0.6 is 22.7 Å². The third-order valence-electron chi connectivity index (χ3n) is 6.40. The standard InChI is InChI=1S/C32H30N2O7S2/c1-4-38-23-17-20(14-15-22(23)41-19-26(35)39-5-2)18-25-30(36)34-29(24-13-10-16-42-24)27(31(37)40-6-3)28(33-32(34)43-25)21-11-8-7-9-12-21/h7-18,29H,4-6,19H2,1-3H3/b25-18-/t29-/m0/s1. The molecule has 0 amide bonds. The molecule has 2 aromatic carbocycles. The molecular weight excluding hydrogens is 588 g/mol. The van der Waals surface area contributed by atoms with Crippen LogP contribution in [0, 0.1) is 0 Å². The molecule has 0 unspecified atom stereocenters. The lowest BCUT2D eigenvalue weighted by molar-refractivity contribution is -0.145. The monoisotopic (exact) mass is 618 g/mol. The van der Waals surface area contributed by atoms with E-state index >= 15 is 0 Å². The largest absolute Gasteiger partial charge is 0.490 e. The van der Waals surface area contributed by atoms with Crippen molar-refractivity contribution >= 4 is 46.4 Å². The average Bonchev–Trinajstić information content (AvgIpc) is 3.65. The van der Waals surface area contributed by atoms with Gasteiger partial charge in [-0.05, 0) is 56.0 Å². The van der Waals surface area contributed by atoms with Crippen LogP contribution in [0.4, 0.5) is 0 Å². The average molecular weight is 619 g/mol. The van der Waals surface area contributed by atoms with Crippen molar-refractivity contribution < 1.29 is 28.5 Å². The Morgan fingerprint density at radius 2 is 1.72 bits per heavy atom. The first kappa shape index (κ1) is 30.0. The summed E-state index contributed by atoms with van der Waals surface area (Å²) in [4.78, 5) is 45.4. The van der Waals surface area contributed by atoms with E-state index < -0.39 is 18.0 Å². The molecule has 5 rings (SSSR count). The second kappa shape index (κ2) is 13.7. The van der Waals surface area contributed by atoms with Gasteiger partial charge in [-0.1, -0.05) is 53.8 Å². The minimum atomic E-state index is -0.703.